The quantitative estimate of drug-likeness (QED) is 0.533. The molecular formula is C9H11N5O3. The van der Waals surface area contributed by atoms with Gasteiger partial charge in [-0.1, -0.05) is 0 Å². The van der Waals surface area contributed by atoms with Gasteiger partial charge in [0.25, 0.3) is 5.56 Å². The van der Waals surface area contributed by atoms with E-state index in [1.54, 1.807) is 13.8 Å². The van der Waals surface area contributed by atoms with Crippen molar-refractivity contribution in [1.82, 2.24) is 24.9 Å². The number of hydrogen-bond donors (Lipinski definition) is 3. The monoisotopic (exact) mass is 237 g/mol. The van der Waals surface area contributed by atoms with E-state index in [1.807, 2.05) is 0 Å². The predicted octanol–water partition coefficient (Wildman–Crippen LogP) is -1.16. The van der Waals surface area contributed by atoms with Gasteiger partial charge < -0.3 is 4.98 Å². The highest BCUT2D eigenvalue weighted by molar-refractivity contribution is 4.98. The third-order valence-electron chi connectivity index (χ3n) is 1.72. The maximum atomic E-state index is 10.6. The molecule has 2 aromatic rings. The molecule has 0 saturated carbocycles. The van der Waals surface area contributed by atoms with Gasteiger partial charge in [0.1, 0.15) is 12.2 Å². The van der Waals surface area contributed by atoms with Gasteiger partial charge in [-0.05, 0) is 13.8 Å². The molecule has 0 bridgehead atoms. The first-order chi connectivity index (χ1) is 7.99. The van der Waals surface area contributed by atoms with Crippen LogP contribution in [0.25, 0.3) is 0 Å². The van der Waals surface area contributed by atoms with E-state index in [4.69, 9.17) is 0 Å². The fraction of sp³-hybridized carbons (Fsp3) is 0.222. The molecule has 0 fully saturated rings. The van der Waals surface area contributed by atoms with Gasteiger partial charge in [0.05, 0.1) is 0 Å². The first-order valence-corrected chi connectivity index (χ1v) is 4.65. The van der Waals surface area contributed by atoms with Crippen molar-refractivity contribution in [2.24, 2.45) is 0 Å². The molecule has 0 aliphatic rings. The van der Waals surface area contributed by atoms with E-state index in [0.29, 0.717) is 11.4 Å². The lowest BCUT2D eigenvalue weighted by Gasteiger charge is -1.84. The predicted molar refractivity (Wildman–Crippen MR) is 59.8 cm³/mol. The molecule has 0 unspecified atom stereocenters. The van der Waals surface area contributed by atoms with Crippen LogP contribution in [0.2, 0.25) is 0 Å². The Morgan fingerprint density at radius 1 is 1.06 bits per heavy atom. The minimum Gasteiger partial charge on any atom is -0.314 e. The van der Waals surface area contributed by atoms with E-state index >= 15 is 0 Å². The molecule has 8 heteroatoms. The third kappa shape index (κ3) is 4.24. The van der Waals surface area contributed by atoms with Crippen LogP contribution in [0.15, 0.2) is 26.9 Å². The Hall–Kier alpha value is -2.51. The van der Waals surface area contributed by atoms with Gasteiger partial charge >= 0.3 is 11.4 Å². The van der Waals surface area contributed by atoms with E-state index in [1.165, 1.54) is 12.5 Å². The smallest absolute Gasteiger partial charge is 0.314 e. The lowest BCUT2D eigenvalue weighted by Crippen LogP contribution is -2.22. The number of aromatic nitrogens is 5. The van der Waals surface area contributed by atoms with E-state index in [-0.39, 0.29) is 11.2 Å². The number of aryl methyl sites for hydroxylation is 2. The standard InChI is InChI=1S/C5H6N2O2.C4H5N3O/c1-3-2-6-5(9)7-4(3)8;1-3-5-2-6-4(8)7-3/h2H,1H3,(H2,6,7,8,9);2H,1H3,(H,5,6,7,8). The van der Waals surface area contributed by atoms with Gasteiger partial charge in [0.2, 0.25) is 0 Å². The lowest BCUT2D eigenvalue weighted by atomic mass is 10.4. The largest absolute Gasteiger partial charge is 0.347 e. The first kappa shape index (κ1) is 12.6. The van der Waals surface area contributed by atoms with E-state index in [9.17, 15) is 14.4 Å². The summed E-state index contributed by atoms with van der Waals surface area (Å²) in [5, 5.41) is 0. The third-order valence-corrected chi connectivity index (χ3v) is 1.72. The Balaban J connectivity index is 0.000000171. The van der Waals surface area contributed by atoms with Crippen molar-refractivity contribution in [2.75, 3.05) is 0 Å². The molecule has 8 nitrogen and oxygen atoms in total. The average Bonchev–Trinajstić information content (AvgIpc) is 2.24. The summed E-state index contributed by atoms with van der Waals surface area (Å²) in [6.45, 7) is 3.32. The summed E-state index contributed by atoms with van der Waals surface area (Å²) in [6, 6.07) is 0. The second kappa shape index (κ2) is 5.54. The molecule has 90 valence electrons. The van der Waals surface area contributed by atoms with Crippen LogP contribution in [0.4, 0.5) is 0 Å². The number of nitrogens with zero attached hydrogens (tertiary/aromatic N) is 2. The Labute approximate surface area is 94.8 Å². The number of hydrogen-bond acceptors (Lipinski definition) is 5. The van der Waals surface area contributed by atoms with E-state index < -0.39 is 5.69 Å². The van der Waals surface area contributed by atoms with Crippen LogP contribution in [0.3, 0.4) is 0 Å². The summed E-state index contributed by atoms with van der Waals surface area (Å²) in [7, 11) is 0. The molecule has 0 aliphatic carbocycles. The number of aromatic amines is 3. The van der Waals surface area contributed by atoms with Crippen molar-refractivity contribution in [3.8, 4) is 0 Å². The molecule has 17 heavy (non-hydrogen) atoms. The summed E-state index contributed by atoms with van der Waals surface area (Å²) in [5.74, 6) is 0.588. The summed E-state index contributed by atoms with van der Waals surface area (Å²) in [4.78, 5) is 45.0. The van der Waals surface area contributed by atoms with Crippen molar-refractivity contribution >= 4 is 0 Å². The summed E-state index contributed by atoms with van der Waals surface area (Å²) in [6.07, 6.45) is 2.61. The fourth-order valence-electron chi connectivity index (χ4n) is 0.864. The molecule has 2 aromatic heterocycles. The zero-order valence-corrected chi connectivity index (χ0v) is 9.27. The molecule has 2 heterocycles. The maximum absolute atomic E-state index is 10.6. The maximum Gasteiger partial charge on any atom is 0.347 e. The highest BCUT2D eigenvalue weighted by Crippen LogP contribution is 1.73. The Bertz CT molecular complexity index is 654. The second-order valence-electron chi connectivity index (χ2n) is 3.14. The number of rotatable bonds is 0. The van der Waals surface area contributed by atoms with Crippen molar-refractivity contribution in [3.05, 3.63) is 55.2 Å². The minimum absolute atomic E-state index is 0.334. The molecule has 0 amide bonds. The van der Waals surface area contributed by atoms with Crippen molar-refractivity contribution in [3.63, 3.8) is 0 Å². The van der Waals surface area contributed by atoms with E-state index in [2.05, 4.69) is 24.9 Å². The molecule has 0 saturated heterocycles. The first-order valence-electron chi connectivity index (χ1n) is 4.65. The zero-order chi connectivity index (χ0) is 12.8. The lowest BCUT2D eigenvalue weighted by molar-refractivity contribution is 0.926. The van der Waals surface area contributed by atoms with Crippen molar-refractivity contribution in [1.29, 1.82) is 0 Å². The van der Waals surface area contributed by atoms with Gasteiger partial charge in [0.15, 0.2) is 0 Å². The van der Waals surface area contributed by atoms with Crippen LogP contribution in [-0.2, 0) is 0 Å². The molecule has 0 atom stereocenters. The highest BCUT2D eigenvalue weighted by Gasteiger charge is 1.88. The molecule has 2 rings (SSSR count). The van der Waals surface area contributed by atoms with Crippen LogP contribution >= 0.6 is 0 Å². The van der Waals surface area contributed by atoms with Crippen molar-refractivity contribution in [2.45, 2.75) is 13.8 Å². The van der Waals surface area contributed by atoms with Gasteiger partial charge in [-0.25, -0.2) is 14.6 Å². The zero-order valence-electron chi connectivity index (χ0n) is 9.27. The molecule has 0 aliphatic heterocycles. The normalized spacial score (nSPS) is 9.29. The van der Waals surface area contributed by atoms with E-state index in [0.717, 1.165) is 0 Å². The molecule has 0 radical (unpaired) electrons. The summed E-state index contributed by atoms with van der Waals surface area (Å²) < 4.78 is 0. The number of H-pyrrole nitrogens is 3. The van der Waals surface area contributed by atoms with Gasteiger partial charge in [-0.3, -0.25) is 14.8 Å². The SMILES string of the molecule is Cc1c[nH]c(=O)[nH]c1=O.Cc1ncnc(=O)[nH]1. The van der Waals surface area contributed by atoms with Gasteiger partial charge in [0, 0.05) is 11.8 Å². The summed E-state index contributed by atoms with van der Waals surface area (Å²) >= 11 is 0. The molecule has 0 aromatic carbocycles. The molecular weight excluding hydrogens is 226 g/mol. The van der Waals surface area contributed by atoms with Crippen LogP contribution < -0.4 is 16.9 Å². The Morgan fingerprint density at radius 3 is 2.18 bits per heavy atom. The second-order valence-corrected chi connectivity index (χ2v) is 3.14. The van der Waals surface area contributed by atoms with Crippen LogP contribution in [-0.4, -0.2) is 24.9 Å². The minimum atomic E-state index is -0.467. The van der Waals surface area contributed by atoms with Gasteiger partial charge in [-0.2, -0.15) is 4.98 Å². The Morgan fingerprint density at radius 2 is 1.76 bits per heavy atom. The average molecular weight is 237 g/mol. The summed E-state index contributed by atoms with van der Waals surface area (Å²) in [5.41, 5.74) is -0.642. The van der Waals surface area contributed by atoms with Crippen molar-refractivity contribution < 1.29 is 0 Å². The van der Waals surface area contributed by atoms with Crippen LogP contribution in [0, 0.1) is 13.8 Å². The van der Waals surface area contributed by atoms with Gasteiger partial charge in [-0.15, -0.1) is 0 Å². The highest BCUT2D eigenvalue weighted by atomic mass is 16.2. The number of nitrogens with one attached hydrogen (secondary N) is 3. The van der Waals surface area contributed by atoms with Crippen LogP contribution in [0.5, 0.6) is 0 Å². The van der Waals surface area contributed by atoms with Crippen LogP contribution in [0.1, 0.15) is 11.4 Å². The Kier molecular flexibility index (Phi) is 4.09. The molecule has 0 spiro atoms. The fourth-order valence-corrected chi connectivity index (χ4v) is 0.864. The topological polar surface area (TPSA) is 124 Å². The molecule has 3 N–H and O–H groups in total.